The van der Waals surface area contributed by atoms with Gasteiger partial charge < -0.3 is 14.5 Å². The van der Waals surface area contributed by atoms with E-state index in [9.17, 15) is 26.4 Å². The molecule has 0 aromatic carbocycles. The molecule has 3 aromatic rings. The summed E-state index contributed by atoms with van der Waals surface area (Å²) in [5.41, 5.74) is -1.60. The van der Waals surface area contributed by atoms with Crippen LogP contribution in [0.3, 0.4) is 0 Å². The second kappa shape index (κ2) is 13.5. The average molecular weight is 664 g/mol. The Morgan fingerprint density at radius 1 is 1.09 bits per heavy atom. The maximum absolute atomic E-state index is 13.6. The Balaban J connectivity index is 1.45. The van der Waals surface area contributed by atoms with Crippen LogP contribution in [-0.2, 0) is 10.0 Å². The molecule has 0 saturated heterocycles. The lowest BCUT2D eigenvalue weighted by Crippen LogP contribution is -2.35. The van der Waals surface area contributed by atoms with Gasteiger partial charge in [0.2, 0.25) is 5.88 Å². The van der Waals surface area contributed by atoms with E-state index in [1.54, 1.807) is 18.3 Å². The number of carbonyl (C=O) groups excluding carboxylic acids is 1. The number of nitrogens with zero attached hydrogens (tertiary/aromatic N) is 6. The second-order valence-corrected chi connectivity index (χ2v) is 13.7. The normalized spacial score (nSPS) is 19.9. The number of pyridine rings is 2. The number of ether oxygens (including phenoxy) is 1. The van der Waals surface area contributed by atoms with Crippen LogP contribution in [0.1, 0.15) is 69.2 Å². The molecule has 5 rings (SSSR count). The van der Waals surface area contributed by atoms with Crippen molar-refractivity contribution in [3.8, 4) is 11.7 Å². The number of fused-ring (bicyclic) bond motifs is 3. The number of alkyl halides is 3. The molecule has 2 aliphatic rings. The van der Waals surface area contributed by atoms with E-state index in [4.69, 9.17) is 9.72 Å². The van der Waals surface area contributed by atoms with Gasteiger partial charge in [0.15, 0.2) is 10.8 Å². The highest BCUT2D eigenvalue weighted by atomic mass is 32.2. The van der Waals surface area contributed by atoms with E-state index in [1.165, 1.54) is 28.9 Å². The third-order valence-electron chi connectivity index (χ3n) is 8.75. The summed E-state index contributed by atoms with van der Waals surface area (Å²) in [6.07, 6.45) is 1.09. The molecule has 1 aliphatic carbocycles. The van der Waals surface area contributed by atoms with Crippen molar-refractivity contribution in [1.29, 1.82) is 0 Å². The molecular weight excluding hydrogens is 623 g/mol. The fourth-order valence-electron chi connectivity index (χ4n) is 5.81. The molecule has 1 N–H and O–H groups in total. The summed E-state index contributed by atoms with van der Waals surface area (Å²) >= 11 is 0. The van der Waals surface area contributed by atoms with Gasteiger partial charge >= 0.3 is 6.18 Å². The molecule has 2 bridgehead atoms. The fourth-order valence-corrected chi connectivity index (χ4v) is 6.74. The number of aromatic nitrogens is 4. The SMILES string of the molecule is CCCC1CCCN(C)c2cccc(n2)S(=O)(=O)NC(=O)c2ccc(-n3ccc(OCCC4(C(F)(F)F)CC4)n3)nc2N(CC)C1. The maximum atomic E-state index is 13.6. The number of halogens is 3. The molecule has 1 unspecified atom stereocenters. The number of hydrogen-bond acceptors (Lipinski definition) is 9. The van der Waals surface area contributed by atoms with Crippen LogP contribution in [0.2, 0.25) is 0 Å². The minimum absolute atomic E-state index is 0.0677. The van der Waals surface area contributed by atoms with Gasteiger partial charge in [-0.1, -0.05) is 19.4 Å². The monoisotopic (exact) mass is 663 g/mol. The standard InChI is InChI=1S/C31H40F3N7O4S/c1-4-8-22-9-7-18-39(3)24-10-6-11-27(35-24)46(43,44)38-29(42)23-12-13-25(36-28(23)40(5-2)21-22)41-19-14-26(37-41)45-20-17-30(15-16-30)31(32,33)34/h6,10-14,19,22H,4-5,7-9,15-18,20-21H2,1-3H3,(H,38,42). The molecular formula is C31H40F3N7O4S. The van der Waals surface area contributed by atoms with Crippen LogP contribution in [0.5, 0.6) is 5.88 Å². The van der Waals surface area contributed by atoms with Crippen molar-refractivity contribution in [2.75, 3.05) is 43.1 Å². The average Bonchev–Trinajstić information content (AvgIpc) is 3.68. The summed E-state index contributed by atoms with van der Waals surface area (Å²) in [6, 6.07) is 9.24. The zero-order chi connectivity index (χ0) is 33.1. The molecule has 1 saturated carbocycles. The number of sulfonamides is 1. The summed E-state index contributed by atoms with van der Waals surface area (Å²) < 4.78 is 75.6. The Labute approximate surface area is 267 Å². The van der Waals surface area contributed by atoms with Crippen LogP contribution < -0.4 is 19.3 Å². The third kappa shape index (κ3) is 7.39. The van der Waals surface area contributed by atoms with E-state index in [0.717, 1.165) is 25.7 Å². The van der Waals surface area contributed by atoms with Gasteiger partial charge in [-0.05, 0) is 75.6 Å². The number of rotatable bonds is 8. The van der Waals surface area contributed by atoms with Crippen LogP contribution in [0.25, 0.3) is 5.82 Å². The highest BCUT2D eigenvalue weighted by molar-refractivity contribution is 7.90. The third-order valence-corrected chi connectivity index (χ3v) is 9.99. The predicted molar refractivity (Wildman–Crippen MR) is 167 cm³/mol. The Morgan fingerprint density at radius 3 is 2.57 bits per heavy atom. The van der Waals surface area contributed by atoms with Crippen molar-refractivity contribution in [1.82, 2.24) is 24.5 Å². The Morgan fingerprint density at radius 2 is 1.87 bits per heavy atom. The molecule has 3 aromatic heterocycles. The zero-order valence-corrected chi connectivity index (χ0v) is 27.1. The van der Waals surface area contributed by atoms with Crippen molar-refractivity contribution in [3.63, 3.8) is 0 Å². The maximum Gasteiger partial charge on any atom is 0.394 e. The molecule has 15 heteroatoms. The molecule has 250 valence electrons. The minimum Gasteiger partial charge on any atom is -0.477 e. The van der Waals surface area contributed by atoms with E-state index in [0.29, 0.717) is 37.1 Å². The van der Waals surface area contributed by atoms with E-state index >= 15 is 0 Å². The first-order valence-corrected chi connectivity index (χ1v) is 17.1. The number of nitrogens with one attached hydrogen (secondary N) is 1. The lowest BCUT2D eigenvalue weighted by Gasteiger charge is -2.29. The van der Waals surface area contributed by atoms with Gasteiger partial charge in [-0.3, -0.25) is 4.79 Å². The van der Waals surface area contributed by atoms with E-state index in [2.05, 4.69) is 21.7 Å². The van der Waals surface area contributed by atoms with E-state index < -0.39 is 27.5 Å². The molecule has 11 nitrogen and oxygen atoms in total. The number of hydrogen-bond donors (Lipinski definition) is 1. The lowest BCUT2D eigenvalue weighted by atomic mass is 9.96. The van der Waals surface area contributed by atoms with Gasteiger partial charge in [0, 0.05) is 38.9 Å². The molecule has 0 spiro atoms. The van der Waals surface area contributed by atoms with Gasteiger partial charge in [0.05, 0.1) is 17.6 Å². The summed E-state index contributed by atoms with van der Waals surface area (Å²) in [5, 5.41) is 4.08. The number of anilines is 2. The zero-order valence-electron chi connectivity index (χ0n) is 26.3. The van der Waals surface area contributed by atoms with Crippen LogP contribution in [0.4, 0.5) is 24.8 Å². The van der Waals surface area contributed by atoms with Crippen LogP contribution in [0, 0.1) is 11.3 Å². The molecule has 46 heavy (non-hydrogen) atoms. The van der Waals surface area contributed by atoms with Crippen molar-refractivity contribution in [2.24, 2.45) is 11.3 Å². The first-order valence-electron chi connectivity index (χ1n) is 15.6. The van der Waals surface area contributed by atoms with Gasteiger partial charge in [-0.25, -0.2) is 19.4 Å². The first-order chi connectivity index (χ1) is 21.9. The van der Waals surface area contributed by atoms with Gasteiger partial charge in [0.25, 0.3) is 15.9 Å². The smallest absolute Gasteiger partial charge is 0.394 e. The molecule has 1 aliphatic heterocycles. The Bertz CT molecular complexity index is 1640. The Hall–Kier alpha value is -3.88. The predicted octanol–water partition coefficient (Wildman–Crippen LogP) is 5.37. The van der Waals surface area contributed by atoms with E-state index in [-0.39, 0.29) is 48.3 Å². The second-order valence-electron chi connectivity index (χ2n) is 12.0. The van der Waals surface area contributed by atoms with Crippen LogP contribution >= 0.6 is 0 Å². The quantitative estimate of drug-likeness (QED) is 0.339. The summed E-state index contributed by atoms with van der Waals surface area (Å²) in [6.45, 7) is 5.72. The van der Waals surface area contributed by atoms with Crippen LogP contribution in [-0.4, -0.2) is 73.5 Å². The Kier molecular flexibility index (Phi) is 9.80. The van der Waals surface area contributed by atoms with Crippen molar-refractivity contribution >= 4 is 27.6 Å². The van der Waals surface area contributed by atoms with Gasteiger partial charge in [-0.15, -0.1) is 5.10 Å². The topological polar surface area (TPSA) is 123 Å². The van der Waals surface area contributed by atoms with Gasteiger partial charge in [0.1, 0.15) is 11.6 Å². The van der Waals surface area contributed by atoms with Crippen molar-refractivity contribution in [2.45, 2.75) is 70.0 Å². The largest absolute Gasteiger partial charge is 0.477 e. The lowest BCUT2D eigenvalue weighted by molar-refractivity contribution is -0.190. The summed E-state index contributed by atoms with van der Waals surface area (Å²) in [4.78, 5) is 26.6. The van der Waals surface area contributed by atoms with Crippen molar-refractivity contribution in [3.05, 3.63) is 48.2 Å². The number of carbonyl (C=O) groups is 1. The fraction of sp³-hybridized carbons (Fsp3) is 0.548. The summed E-state index contributed by atoms with van der Waals surface area (Å²) in [5.74, 6) is 0.699. The molecule has 4 heterocycles. The molecule has 0 radical (unpaired) electrons. The molecule has 1 atom stereocenters. The minimum atomic E-state index is -4.31. The van der Waals surface area contributed by atoms with Gasteiger partial charge in [-0.2, -0.15) is 21.6 Å². The van der Waals surface area contributed by atoms with Crippen LogP contribution in [0.15, 0.2) is 47.6 Å². The van der Waals surface area contributed by atoms with E-state index in [1.807, 2.05) is 23.8 Å². The number of amides is 1. The highest BCUT2D eigenvalue weighted by Crippen LogP contribution is 2.59. The summed E-state index contributed by atoms with van der Waals surface area (Å²) in [7, 11) is -2.45. The first kappa shape index (κ1) is 33.5. The molecule has 1 amide bonds. The van der Waals surface area contributed by atoms with Crippen molar-refractivity contribution < 1.29 is 31.1 Å². The molecule has 1 fully saturated rings. The highest BCUT2D eigenvalue weighted by Gasteiger charge is 2.62.